The molecule has 1 radical (unpaired) electrons. The second-order valence-corrected chi connectivity index (χ2v) is 5.97. The van der Waals surface area contributed by atoms with Crippen molar-refractivity contribution < 1.29 is 32.7 Å². The van der Waals surface area contributed by atoms with Gasteiger partial charge in [0.05, 0.1) is 0 Å². The van der Waals surface area contributed by atoms with Crippen LogP contribution in [0.1, 0.15) is 12.8 Å². The van der Waals surface area contributed by atoms with Crippen molar-refractivity contribution in [2.75, 3.05) is 18.0 Å². The van der Waals surface area contributed by atoms with Crippen molar-refractivity contribution >= 4 is 5.69 Å². The van der Waals surface area contributed by atoms with Crippen LogP contribution in [0.3, 0.4) is 0 Å². The van der Waals surface area contributed by atoms with Crippen LogP contribution in [-0.4, -0.2) is 13.1 Å². The fourth-order valence-electron chi connectivity index (χ4n) is 3.28. The molecule has 1 aliphatic rings. The van der Waals surface area contributed by atoms with Gasteiger partial charge in [0.25, 0.3) is 0 Å². The third-order valence-corrected chi connectivity index (χ3v) is 4.44. The van der Waals surface area contributed by atoms with E-state index in [2.05, 4.69) is 65.6 Å². The topological polar surface area (TPSA) is 3.24 Å². The van der Waals surface area contributed by atoms with Gasteiger partial charge < -0.3 is 4.90 Å². The number of anilines is 1. The van der Waals surface area contributed by atoms with E-state index in [9.17, 15) is 0 Å². The van der Waals surface area contributed by atoms with Crippen LogP contribution in [0.2, 0.25) is 0 Å². The van der Waals surface area contributed by atoms with Crippen LogP contribution in [0.4, 0.5) is 5.69 Å². The second-order valence-electron chi connectivity index (χ2n) is 5.97. The van der Waals surface area contributed by atoms with Gasteiger partial charge in [-0.15, -0.1) is 23.8 Å². The van der Waals surface area contributed by atoms with Gasteiger partial charge in [-0.2, -0.15) is 42.0 Å². The quantitative estimate of drug-likeness (QED) is 0.558. The summed E-state index contributed by atoms with van der Waals surface area (Å²) < 4.78 is 0. The van der Waals surface area contributed by atoms with Gasteiger partial charge in [0.15, 0.2) is 0 Å². The molecule has 3 aromatic rings. The molecule has 1 aliphatic heterocycles. The van der Waals surface area contributed by atoms with Crippen LogP contribution >= 0.6 is 0 Å². The number of nitrogens with zero attached hydrogens (tertiary/aromatic N) is 1. The average molecular weight is 386 g/mol. The molecule has 1 fully saturated rings. The van der Waals surface area contributed by atoms with Crippen molar-refractivity contribution in [3.63, 3.8) is 0 Å². The van der Waals surface area contributed by atoms with Gasteiger partial charge in [0, 0.05) is 51.5 Å². The van der Waals surface area contributed by atoms with Crippen molar-refractivity contribution in [1.29, 1.82) is 0 Å². The maximum Gasteiger partial charge on any atom is 0.0172 e. The minimum absolute atomic E-state index is 0. The van der Waals surface area contributed by atoms with E-state index >= 15 is 0 Å². The standard InChI is InChI=1S/C22H19N.Y/c1-2-9-18(10-3-1)19-11-8-12-20(17-19)21-13-4-5-14-22(21)23-15-6-7-16-23;/h1-5,8-9,11-14H,6-7,15-16H2;/q-2;. The number of hydrogen-bond donors (Lipinski definition) is 0. The first-order valence-electron chi connectivity index (χ1n) is 8.25. The van der Waals surface area contributed by atoms with Crippen molar-refractivity contribution in [3.8, 4) is 22.3 Å². The number of hydrogen-bond acceptors (Lipinski definition) is 1. The Morgan fingerprint density at radius 1 is 0.708 bits per heavy atom. The Balaban J connectivity index is 0.00000169. The minimum atomic E-state index is 0. The fraction of sp³-hybridized carbons (Fsp3) is 0.182. The van der Waals surface area contributed by atoms with Crippen LogP contribution < -0.4 is 4.90 Å². The van der Waals surface area contributed by atoms with Gasteiger partial charge in [-0.25, -0.2) is 5.56 Å². The van der Waals surface area contributed by atoms with Crippen LogP contribution in [0.25, 0.3) is 22.3 Å². The van der Waals surface area contributed by atoms with E-state index in [-0.39, 0.29) is 32.7 Å². The molecule has 0 saturated carbocycles. The molecular formula is C22H19NY-2. The zero-order valence-corrected chi connectivity index (χ0v) is 16.5. The molecule has 1 heterocycles. The predicted molar refractivity (Wildman–Crippen MR) is 96.4 cm³/mol. The van der Waals surface area contributed by atoms with E-state index in [4.69, 9.17) is 0 Å². The first kappa shape index (κ1) is 17.4. The van der Waals surface area contributed by atoms with Crippen LogP contribution in [0.15, 0.2) is 66.7 Å². The van der Waals surface area contributed by atoms with Crippen LogP contribution in [0.5, 0.6) is 0 Å². The summed E-state index contributed by atoms with van der Waals surface area (Å²) in [5.74, 6) is 0. The molecule has 4 rings (SSSR count). The molecule has 0 aromatic heterocycles. The summed E-state index contributed by atoms with van der Waals surface area (Å²) in [7, 11) is 0. The molecule has 0 unspecified atom stereocenters. The molecule has 1 nitrogen and oxygen atoms in total. The summed E-state index contributed by atoms with van der Waals surface area (Å²) in [5, 5.41) is 0. The van der Waals surface area contributed by atoms with E-state index in [0.717, 1.165) is 29.8 Å². The zero-order chi connectivity index (χ0) is 15.5. The summed E-state index contributed by atoms with van der Waals surface area (Å²) >= 11 is 0. The Bertz CT molecular complexity index is 792. The molecule has 24 heavy (non-hydrogen) atoms. The van der Waals surface area contributed by atoms with Gasteiger partial charge in [-0.3, -0.25) is 0 Å². The van der Waals surface area contributed by atoms with Crippen molar-refractivity contribution in [3.05, 3.63) is 78.9 Å². The molecule has 117 valence electrons. The SMILES string of the molecule is [Y].[c-]1ccccc1-c1[c-]c(-c2ccccc2N2CCCC2)ccc1. The minimum Gasteiger partial charge on any atom is -0.377 e. The molecule has 2 heteroatoms. The first-order chi connectivity index (χ1) is 11.4. The number of rotatable bonds is 3. The van der Waals surface area contributed by atoms with Crippen molar-refractivity contribution in [2.45, 2.75) is 12.8 Å². The van der Waals surface area contributed by atoms with E-state index < -0.39 is 0 Å². The summed E-state index contributed by atoms with van der Waals surface area (Å²) in [4.78, 5) is 2.49. The maximum absolute atomic E-state index is 3.58. The number of benzene rings is 3. The van der Waals surface area contributed by atoms with Gasteiger partial charge >= 0.3 is 0 Å². The zero-order valence-electron chi connectivity index (χ0n) is 13.7. The maximum atomic E-state index is 3.58. The third kappa shape index (κ3) is 3.63. The Morgan fingerprint density at radius 3 is 2.21 bits per heavy atom. The molecular weight excluding hydrogens is 367 g/mol. The van der Waals surface area contributed by atoms with E-state index in [1.807, 2.05) is 18.2 Å². The Labute approximate surface area is 169 Å². The summed E-state index contributed by atoms with van der Waals surface area (Å²) in [6.07, 6.45) is 2.58. The molecule has 1 saturated heterocycles. The number of para-hydroxylation sites is 1. The van der Waals surface area contributed by atoms with Gasteiger partial charge in [0.2, 0.25) is 0 Å². The fourth-order valence-corrected chi connectivity index (χ4v) is 3.28. The molecule has 3 aromatic carbocycles. The van der Waals surface area contributed by atoms with E-state index in [1.165, 1.54) is 24.1 Å². The Morgan fingerprint density at radius 2 is 1.42 bits per heavy atom. The average Bonchev–Trinajstić information content (AvgIpc) is 3.17. The monoisotopic (exact) mass is 386 g/mol. The summed E-state index contributed by atoms with van der Waals surface area (Å²) in [5.41, 5.74) is 5.94. The van der Waals surface area contributed by atoms with E-state index in [0.29, 0.717) is 0 Å². The summed E-state index contributed by atoms with van der Waals surface area (Å²) in [6, 6.07) is 30.0. The molecule has 0 atom stereocenters. The van der Waals surface area contributed by atoms with Crippen LogP contribution in [-0.2, 0) is 32.7 Å². The van der Waals surface area contributed by atoms with Gasteiger partial charge in [-0.1, -0.05) is 23.8 Å². The molecule has 0 spiro atoms. The molecule has 0 aliphatic carbocycles. The second kappa shape index (κ2) is 8.09. The third-order valence-electron chi connectivity index (χ3n) is 4.44. The normalized spacial score (nSPS) is 13.6. The Hall–Kier alpha value is -1.44. The van der Waals surface area contributed by atoms with Crippen molar-refractivity contribution in [1.82, 2.24) is 0 Å². The largest absolute Gasteiger partial charge is 0.377 e. The van der Waals surface area contributed by atoms with Gasteiger partial charge in [-0.05, 0) is 18.9 Å². The van der Waals surface area contributed by atoms with Crippen LogP contribution in [0, 0.1) is 12.1 Å². The van der Waals surface area contributed by atoms with Gasteiger partial charge in [0.1, 0.15) is 0 Å². The first-order valence-corrected chi connectivity index (χ1v) is 8.25. The molecule has 0 bridgehead atoms. The summed E-state index contributed by atoms with van der Waals surface area (Å²) in [6.45, 7) is 2.31. The molecule has 0 N–H and O–H groups in total. The molecule has 0 amide bonds. The smallest absolute Gasteiger partial charge is 0.0172 e. The van der Waals surface area contributed by atoms with E-state index in [1.54, 1.807) is 0 Å². The predicted octanol–water partition coefficient (Wildman–Crippen LogP) is 5.22. The van der Waals surface area contributed by atoms with Crippen molar-refractivity contribution in [2.24, 2.45) is 0 Å². The Kier molecular flexibility index (Phi) is 5.86.